The van der Waals surface area contributed by atoms with Crippen molar-refractivity contribution >= 4 is 5.69 Å². The molecular formula is C10H12N2O2. The monoisotopic (exact) mass is 192 g/mol. The summed E-state index contributed by atoms with van der Waals surface area (Å²) in [6.07, 6.45) is 0.757. The minimum Gasteiger partial charge on any atom is -0.312 e. The van der Waals surface area contributed by atoms with Gasteiger partial charge in [-0.05, 0) is 25.5 Å². The Labute approximate surface area is 82.1 Å². The zero-order valence-electron chi connectivity index (χ0n) is 8.04. The highest BCUT2D eigenvalue weighted by Gasteiger charge is 2.22. The van der Waals surface area contributed by atoms with E-state index in [9.17, 15) is 10.1 Å². The number of aryl methyl sites for hydroxylation is 1. The average molecular weight is 192 g/mol. The average Bonchev–Trinajstić information content (AvgIpc) is 2.17. The normalized spacial score (nSPS) is 14.9. The molecule has 0 aromatic heterocycles. The van der Waals surface area contributed by atoms with Crippen molar-refractivity contribution in [2.75, 3.05) is 6.54 Å². The highest BCUT2D eigenvalue weighted by Crippen LogP contribution is 2.28. The molecule has 4 nitrogen and oxygen atoms in total. The Morgan fingerprint density at radius 2 is 2.29 bits per heavy atom. The molecule has 0 atom stereocenters. The second-order valence-corrected chi connectivity index (χ2v) is 3.55. The third kappa shape index (κ3) is 1.37. The number of nitro benzene ring substituents is 1. The molecule has 1 aliphatic heterocycles. The fourth-order valence-corrected chi connectivity index (χ4v) is 1.93. The molecule has 0 saturated heterocycles. The lowest BCUT2D eigenvalue weighted by Crippen LogP contribution is -2.24. The van der Waals surface area contributed by atoms with Crippen molar-refractivity contribution in [2.24, 2.45) is 0 Å². The van der Waals surface area contributed by atoms with Crippen LogP contribution in [0.15, 0.2) is 12.1 Å². The lowest BCUT2D eigenvalue weighted by atomic mass is 9.96. The van der Waals surface area contributed by atoms with Crippen molar-refractivity contribution in [2.45, 2.75) is 19.9 Å². The van der Waals surface area contributed by atoms with Gasteiger partial charge in [-0.15, -0.1) is 0 Å². The van der Waals surface area contributed by atoms with Crippen molar-refractivity contribution in [1.29, 1.82) is 0 Å². The number of hydrogen-bond donors (Lipinski definition) is 1. The molecule has 2 rings (SSSR count). The summed E-state index contributed by atoms with van der Waals surface area (Å²) in [5.41, 5.74) is 3.04. The van der Waals surface area contributed by atoms with Crippen LogP contribution in [0.2, 0.25) is 0 Å². The van der Waals surface area contributed by atoms with E-state index in [0.717, 1.165) is 36.2 Å². The number of benzene rings is 1. The highest BCUT2D eigenvalue weighted by atomic mass is 16.6. The van der Waals surface area contributed by atoms with E-state index in [2.05, 4.69) is 5.32 Å². The summed E-state index contributed by atoms with van der Waals surface area (Å²) in [6, 6.07) is 3.80. The van der Waals surface area contributed by atoms with E-state index >= 15 is 0 Å². The quantitative estimate of drug-likeness (QED) is 0.542. The van der Waals surface area contributed by atoms with Crippen LogP contribution in [0.3, 0.4) is 0 Å². The summed E-state index contributed by atoms with van der Waals surface area (Å²) in [5.74, 6) is 0. The number of nitrogens with one attached hydrogen (secondary N) is 1. The first-order valence-corrected chi connectivity index (χ1v) is 4.66. The molecule has 0 amide bonds. The predicted octanol–water partition coefficient (Wildman–Crippen LogP) is 1.55. The highest BCUT2D eigenvalue weighted by molar-refractivity contribution is 5.52. The fourth-order valence-electron chi connectivity index (χ4n) is 1.93. The number of nitrogens with zero attached hydrogens (tertiary/aromatic N) is 1. The van der Waals surface area contributed by atoms with Crippen molar-refractivity contribution in [1.82, 2.24) is 5.32 Å². The molecule has 74 valence electrons. The fraction of sp³-hybridized carbons (Fsp3) is 0.400. The molecule has 0 saturated carbocycles. The van der Waals surface area contributed by atoms with Crippen LogP contribution in [-0.4, -0.2) is 11.5 Å². The van der Waals surface area contributed by atoms with Crippen molar-refractivity contribution < 1.29 is 4.92 Å². The van der Waals surface area contributed by atoms with Crippen molar-refractivity contribution in [3.8, 4) is 0 Å². The first-order chi connectivity index (χ1) is 6.70. The molecule has 1 heterocycles. The van der Waals surface area contributed by atoms with Crippen molar-refractivity contribution in [3.05, 3.63) is 38.9 Å². The first kappa shape index (κ1) is 9.15. The zero-order valence-corrected chi connectivity index (χ0v) is 8.04. The summed E-state index contributed by atoms with van der Waals surface area (Å²) in [6.45, 7) is 3.37. The number of hydrogen-bond acceptors (Lipinski definition) is 3. The van der Waals surface area contributed by atoms with Gasteiger partial charge >= 0.3 is 0 Å². The number of nitro groups is 1. The van der Waals surface area contributed by atoms with Gasteiger partial charge in [-0.25, -0.2) is 0 Å². The Morgan fingerprint density at radius 3 is 3.00 bits per heavy atom. The predicted molar refractivity (Wildman–Crippen MR) is 53.2 cm³/mol. The van der Waals surface area contributed by atoms with Gasteiger partial charge in [0.15, 0.2) is 0 Å². The van der Waals surface area contributed by atoms with E-state index < -0.39 is 0 Å². The minimum atomic E-state index is -0.264. The Bertz CT molecular complexity index is 388. The van der Waals surface area contributed by atoms with Crippen LogP contribution in [0, 0.1) is 17.0 Å². The van der Waals surface area contributed by atoms with E-state index in [-0.39, 0.29) is 4.92 Å². The third-order valence-electron chi connectivity index (χ3n) is 2.63. The van der Waals surface area contributed by atoms with Gasteiger partial charge in [-0.3, -0.25) is 10.1 Å². The SMILES string of the molecule is Cc1ccc2c(c1[N+](=O)[O-])CCNC2. The number of fused-ring (bicyclic) bond motifs is 1. The minimum absolute atomic E-state index is 0.264. The van der Waals surface area contributed by atoms with Crippen LogP contribution in [-0.2, 0) is 13.0 Å². The van der Waals surface area contributed by atoms with Gasteiger partial charge < -0.3 is 5.32 Å². The molecule has 0 unspecified atom stereocenters. The summed E-state index contributed by atoms with van der Waals surface area (Å²) in [4.78, 5) is 10.6. The lowest BCUT2D eigenvalue weighted by molar-refractivity contribution is -0.386. The Kier molecular flexibility index (Phi) is 2.21. The molecule has 14 heavy (non-hydrogen) atoms. The smallest absolute Gasteiger partial charge is 0.275 e. The van der Waals surface area contributed by atoms with E-state index in [1.165, 1.54) is 0 Å². The van der Waals surface area contributed by atoms with Gasteiger partial charge in [0.25, 0.3) is 5.69 Å². The lowest BCUT2D eigenvalue weighted by Gasteiger charge is -2.17. The molecule has 1 N–H and O–H groups in total. The van der Waals surface area contributed by atoms with Crippen LogP contribution < -0.4 is 5.32 Å². The molecule has 0 radical (unpaired) electrons. The van der Waals surface area contributed by atoms with Crippen LogP contribution in [0.25, 0.3) is 0 Å². The first-order valence-electron chi connectivity index (χ1n) is 4.66. The summed E-state index contributed by atoms with van der Waals surface area (Å²) < 4.78 is 0. The molecule has 0 bridgehead atoms. The maximum atomic E-state index is 10.9. The van der Waals surface area contributed by atoms with Gasteiger partial charge in [-0.2, -0.15) is 0 Å². The number of rotatable bonds is 1. The molecular weight excluding hydrogens is 180 g/mol. The van der Waals surface area contributed by atoms with Gasteiger partial charge in [0, 0.05) is 17.7 Å². The largest absolute Gasteiger partial charge is 0.312 e. The van der Waals surface area contributed by atoms with Crippen LogP contribution >= 0.6 is 0 Å². The summed E-state index contributed by atoms with van der Waals surface area (Å²) >= 11 is 0. The molecule has 1 aliphatic rings. The molecule has 1 aromatic rings. The van der Waals surface area contributed by atoms with Crippen molar-refractivity contribution in [3.63, 3.8) is 0 Å². The second kappa shape index (κ2) is 3.38. The van der Waals surface area contributed by atoms with E-state index in [0.29, 0.717) is 5.69 Å². The Morgan fingerprint density at radius 1 is 1.50 bits per heavy atom. The summed E-state index contributed by atoms with van der Waals surface area (Å²) in [7, 11) is 0. The van der Waals surface area contributed by atoms with E-state index in [1.807, 2.05) is 12.1 Å². The Balaban J connectivity index is 2.60. The van der Waals surface area contributed by atoms with Gasteiger partial charge in [0.1, 0.15) is 0 Å². The van der Waals surface area contributed by atoms with Gasteiger partial charge in [0.05, 0.1) is 4.92 Å². The topological polar surface area (TPSA) is 55.2 Å². The van der Waals surface area contributed by atoms with E-state index in [4.69, 9.17) is 0 Å². The standard InChI is InChI=1S/C10H12N2O2/c1-7-2-3-8-6-11-5-4-9(8)10(7)12(13)14/h2-3,11H,4-6H2,1H3. The van der Waals surface area contributed by atoms with E-state index in [1.54, 1.807) is 6.92 Å². The zero-order chi connectivity index (χ0) is 10.1. The van der Waals surface area contributed by atoms with Crippen LogP contribution in [0.4, 0.5) is 5.69 Å². The second-order valence-electron chi connectivity index (χ2n) is 3.55. The molecule has 1 aromatic carbocycles. The van der Waals surface area contributed by atoms with Crippen LogP contribution in [0.5, 0.6) is 0 Å². The molecule has 0 spiro atoms. The molecule has 0 fully saturated rings. The molecule has 0 aliphatic carbocycles. The maximum absolute atomic E-state index is 10.9. The van der Waals surface area contributed by atoms with Crippen LogP contribution in [0.1, 0.15) is 16.7 Å². The van der Waals surface area contributed by atoms with Gasteiger partial charge in [-0.1, -0.05) is 12.1 Å². The molecule has 4 heteroatoms. The maximum Gasteiger partial charge on any atom is 0.275 e. The third-order valence-corrected chi connectivity index (χ3v) is 2.63. The van der Waals surface area contributed by atoms with Gasteiger partial charge in [0.2, 0.25) is 0 Å². The Hall–Kier alpha value is -1.42. The summed E-state index contributed by atoms with van der Waals surface area (Å²) in [5, 5.41) is 14.1.